The van der Waals surface area contributed by atoms with Gasteiger partial charge in [-0.3, -0.25) is 4.90 Å². The minimum atomic E-state index is 0.304. The van der Waals surface area contributed by atoms with Crippen molar-refractivity contribution in [2.75, 3.05) is 33.0 Å². The normalized spacial score (nSPS) is 17.5. The molecule has 2 N–H and O–H groups in total. The SMILES string of the molecule is CCNC(=NCc1ccc2c(c1)OCO2)NCC1CCN(Cc2cccs2)CC1. The molecule has 156 valence electrons. The van der Waals surface area contributed by atoms with E-state index in [1.165, 1.54) is 30.8 Å². The highest BCUT2D eigenvalue weighted by Gasteiger charge is 2.19. The maximum Gasteiger partial charge on any atom is 0.231 e. The standard InChI is InChI=1S/C22H30N4O2S/c1-2-23-22(25-14-18-5-6-20-21(12-18)28-16-27-20)24-13-17-7-9-26(10-8-17)15-19-4-3-11-29-19/h3-6,11-12,17H,2,7-10,13-16H2,1H3,(H2,23,24,25). The van der Waals surface area contributed by atoms with E-state index in [0.717, 1.165) is 42.7 Å². The number of nitrogens with one attached hydrogen (secondary N) is 2. The Morgan fingerprint density at radius 2 is 2.03 bits per heavy atom. The van der Waals surface area contributed by atoms with Crippen molar-refractivity contribution >= 4 is 17.3 Å². The van der Waals surface area contributed by atoms with Crippen LogP contribution in [0.4, 0.5) is 0 Å². The van der Waals surface area contributed by atoms with Gasteiger partial charge in [0.25, 0.3) is 0 Å². The van der Waals surface area contributed by atoms with Crippen LogP contribution in [0.3, 0.4) is 0 Å². The molecular formula is C22H30N4O2S. The van der Waals surface area contributed by atoms with Crippen molar-refractivity contribution in [2.45, 2.75) is 32.9 Å². The second-order valence-corrected chi connectivity index (χ2v) is 8.59. The van der Waals surface area contributed by atoms with E-state index in [-0.39, 0.29) is 0 Å². The summed E-state index contributed by atoms with van der Waals surface area (Å²) >= 11 is 1.85. The highest BCUT2D eigenvalue weighted by molar-refractivity contribution is 7.09. The molecule has 2 aromatic rings. The van der Waals surface area contributed by atoms with E-state index in [4.69, 9.17) is 14.5 Å². The van der Waals surface area contributed by atoms with E-state index in [1.54, 1.807) is 0 Å². The summed E-state index contributed by atoms with van der Waals surface area (Å²) in [6.07, 6.45) is 2.47. The maximum atomic E-state index is 5.46. The molecule has 2 aliphatic rings. The van der Waals surface area contributed by atoms with Gasteiger partial charge in [0.05, 0.1) is 6.54 Å². The van der Waals surface area contributed by atoms with Gasteiger partial charge in [0.15, 0.2) is 17.5 Å². The first-order valence-electron chi connectivity index (χ1n) is 10.5. The molecule has 0 unspecified atom stereocenters. The molecule has 29 heavy (non-hydrogen) atoms. The predicted molar refractivity (Wildman–Crippen MR) is 118 cm³/mol. The summed E-state index contributed by atoms with van der Waals surface area (Å²) in [5.74, 6) is 3.20. The number of rotatable bonds is 7. The lowest BCUT2D eigenvalue weighted by atomic mass is 9.97. The average molecular weight is 415 g/mol. The molecule has 0 aliphatic carbocycles. The number of hydrogen-bond acceptors (Lipinski definition) is 5. The highest BCUT2D eigenvalue weighted by Crippen LogP contribution is 2.32. The summed E-state index contributed by atoms with van der Waals surface area (Å²) in [7, 11) is 0. The molecule has 1 saturated heterocycles. The third-order valence-electron chi connectivity index (χ3n) is 5.43. The average Bonchev–Trinajstić information content (AvgIpc) is 3.42. The van der Waals surface area contributed by atoms with Crippen molar-refractivity contribution in [2.24, 2.45) is 10.9 Å². The summed E-state index contributed by atoms with van der Waals surface area (Å²) in [5.41, 5.74) is 1.12. The van der Waals surface area contributed by atoms with Crippen LogP contribution in [0.5, 0.6) is 11.5 Å². The second-order valence-electron chi connectivity index (χ2n) is 7.56. The third kappa shape index (κ3) is 5.64. The Kier molecular flexibility index (Phi) is 6.90. The minimum absolute atomic E-state index is 0.304. The summed E-state index contributed by atoms with van der Waals surface area (Å²) in [5, 5.41) is 9.06. The van der Waals surface area contributed by atoms with Gasteiger partial charge in [0.1, 0.15) is 0 Å². The monoisotopic (exact) mass is 414 g/mol. The van der Waals surface area contributed by atoms with Crippen molar-refractivity contribution in [3.8, 4) is 11.5 Å². The molecule has 4 rings (SSSR count). The number of hydrogen-bond donors (Lipinski definition) is 2. The fraction of sp³-hybridized carbons (Fsp3) is 0.500. The fourth-order valence-corrected chi connectivity index (χ4v) is 4.51. The van der Waals surface area contributed by atoms with Crippen molar-refractivity contribution in [3.05, 3.63) is 46.2 Å². The van der Waals surface area contributed by atoms with Gasteiger partial charge in [-0.05, 0) is 67.9 Å². The van der Waals surface area contributed by atoms with Gasteiger partial charge in [-0.1, -0.05) is 12.1 Å². The molecule has 7 heteroatoms. The Morgan fingerprint density at radius 1 is 1.17 bits per heavy atom. The number of likely N-dealkylation sites (tertiary alicyclic amines) is 1. The van der Waals surface area contributed by atoms with Crippen LogP contribution >= 0.6 is 11.3 Å². The molecule has 0 bridgehead atoms. The zero-order valence-electron chi connectivity index (χ0n) is 17.0. The third-order valence-corrected chi connectivity index (χ3v) is 6.29. The Morgan fingerprint density at radius 3 is 2.83 bits per heavy atom. The van der Waals surface area contributed by atoms with Crippen LogP contribution < -0.4 is 20.1 Å². The number of piperidine rings is 1. The molecule has 0 atom stereocenters. The van der Waals surface area contributed by atoms with E-state index < -0.39 is 0 Å². The zero-order valence-corrected chi connectivity index (χ0v) is 17.8. The number of ether oxygens (including phenoxy) is 2. The van der Waals surface area contributed by atoms with Crippen LogP contribution in [0, 0.1) is 5.92 Å². The van der Waals surface area contributed by atoms with E-state index in [1.807, 2.05) is 29.5 Å². The molecule has 3 heterocycles. The minimum Gasteiger partial charge on any atom is -0.454 e. The number of nitrogens with zero attached hydrogens (tertiary/aromatic N) is 2. The summed E-state index contributed by atoms with van der Waals surface area (Å²) in [6, 6.07) is 10.4. The van der Waals surface area contributed by atoms with Crippen molar-refractivity contribution in [3.63, 3.8) is 0 Å². The molecular weight excluding hydrogens is 384 g/mol. The molecule has 0 radical (unpaired) electrons. The lowest BCUT2D eigenvalue weighted by Crippen LogP contribution is -2.42. The van der Waals surface area contributed by atoms with Gasteiger partial charge < -0.3 is 20.1 Å². The Balaban J connectivity index is 1.24. The quantitative estimate of drug-likeness (QED) is 0.537. The van der Waals surface area contributed by atoms with Crippen LogP contribution in [-0.4, -0.2) is 43.8 Å². The van der Waals surface area contributed by atoms with Crippen molar-refractivity contribution in [1.82, 2.24) is 15.5 Å². The molecule has 2 aliphatic heterocycles. The first-order chi connectivity index (χ1) is 14.3. The Labute approximate surface area is 176 Å². The van der Waals surface area contributed by atoms with Crippen LogP contribution in [0.25, 0.3) is 0 Å². The van der Waals surface area contributed by atoms with E-state index >= 15 is 0 Å². The van der Waals surface area contributed by atoms with Gasteiger partial charge in [0, 0.05) is 24.5 Å². The molecule has 1 fully saturated rings. The Hall–Kier alpha value is -2.25. The first kappa shape index (κ1) is 20.0. The fourth-order valence-electron chi connectivity index (χ4n) is 3.76. The van der Waals surface area contributed by atoms with Crippen molar-refractivity contribution < 1.29 is 9.47 Å². The largest absolute Gasteiger partial charge is 0.454 e. The van der Waals surface area contributed by atoms with Crippen molar-refractivity contribution in [1.29, 1.82) is 0 Å². The van der Waals surface area contributed by atoms with Gasteiger partial charge in [-0.2, -0.15) is 0 Å². The predicted octanol–water partition coefficient (Wildman–Crippen LogP) is 3.44. The lowest BCUT2D eigenvalue weighted by molar-refractivity contribution is 0.174. The maximum absolute atomic E-state index is 5.46. The van der Waals surface area contributed by atoms with Crippen LogP contribution in [0.1, 0.15) is 30.2 Å². The summed E-state index contributed by atoms with van der Waals surface area (Å²) in [6.45, 7) is 8.29. The molecule has 0 saturated carbocycles. The van der Waals surface area contributed by atoms with E-state index in [2.05, 4.69) is 40.0 Å². The van der Waals surface area contributed by atoms with E-state index in [0.29, 0.717) is 19.3 Å². The molecule has 1 aromatic carbocycles. The molecule has 6 nitrogen and oxygen atoms in total. The molecule has 0 spiro atoms. The summed E-state index contributed by atoms with van der Waals surface area (Å²) < 4.78 is 10.8. The number of fused-ring (bicyclic) bond motifs is 1. The highest BCUT2D eigenvalue weighted by atomic mass is 32.1. The van der Waals surface area contributed by atoms with Gasteiger partial charge in [-0.15, -0.1) is 11.3 Å². The molecule has 1 aromatic heterocycles. The molecule has 0 amide bonds. The Bertz CT molecular complexity index is 801. The van der Waals surface area contributed by atoms with Crippen LogP contribution in [0.2, 0.25) is 0 Å². The zero-order chi connectivity index (χ0) is 19.9. The van der Waals surface area contributed by atoms with Gasteiger partial charge in [-0.25, -0.2) is 4.99 Å². The lowest BCUT2D eigenvalue weighted by Gasteiger charge is -2.32. The number of thiophene rings is 1. The van der Waals surface area contributed by atoms with Crippen LogP contribution in [0.15, 0.2) is 40.7 Å². The first-order valence-corrected chi connectivity index (χ1v) is 11.3. The summed E-state index contributed by atoms with van der Waals surface area (Å²) in [4.78, 5) is 8.78. The number of guanidine groups is 1. The second kappa shape index (κ2) is 9.98. The topological polar surface area (TPSA) is 58.1 Å². The number of aliphatic imine (C=N–C) groups is 1. The van der Waals surface area contributed by atoms with Gasteiger partial charge in [0.2, 0.25) is 6.79 Å². The smallest absolute Gasteiger partial charge is 0.231 e. The number of benzene rings is 1. The van der Waals surface area contributed by atoms with Gasteiger partial charge >= 0.3 is 0 Å². The van der Waals surface area contributed by atoms with Crippen LogP contribution in [-0.2, 0) is 13.1 Å². The van der Waals surface area contributed by atoms with E-state index in [9.17, 15) is 0 Å².